The number of hydrogen-bond acceptors (Lipinski definition) is 6. The molecule has 24 heavy (non-hydrogen) atoms. The summed E-state index contributed by atoms with van der Waals surface area (Å²) in [6, 6.07) is -0.218. The van der Waals surface area contributed by atoms with Gasteiger partial charge < -0.3 is 9.88 Å². The smallest absolute Gasteiger partial charge is 0.243 e. The number of hydrogen-bond donors (Lipinski definition) is 1. The molecule has 0 aromatic carbocycles. The molecule has 4 rings (SSSR count). The fourth-order valence-corrected chi connectivity index (χ4v) is 3.89. The van der Waals surface area contributed by atoms with Crippen LogP contribution in [0.15, 0.2) is 0 Å². The third kappa shape index (κ3) is 2.84. The fourth-order valence-electron chi connectivity index (χ4n) is 3.07. The van der Waals surface area contributed by atoms with Gasteiger partial charge >= 0.3 is 0 Å². The molecule has 0 saturated heterocycles. The molecule has 1 atom stereocenters. The summed E-state index contributed by atoms with van der Waals surface area (Å²) in [7, 11) is 0. The molecule has 1 aliphatic carbocycles. The van der Waals surface area contributed by atoms with Gasteiger partial charge in [-0.1, -0.05) is 0 Å². The Labute approximate surface area is 145 Å². The van der Waals surface area contributed by atoms with Gasteiger partial charge in [0.1, 0.15) is 11.6 Å². The molecule has 2 aliphatic rings. The first-order valence-corrected chi connectivity index (χ1v) is 9.25. The molecular weight excluding hydrogens is 324 g/mol. The summed E-state index contributed by atoms with van der Waals surface area (Å²) in [5, 5.41) is 12.3. The molecule has 1 saturated carbocycles. The predicted octanol–water partition coefficient (Wildman–Crippen LogP) is 2.07. The van der Waals surface area contributed by atoms with Gasteiger partial charge in [-0.2, -0.15) is 0 Å². The summed E-state index contributed by atoms with van der Waals surface area (Å²) in [5.74, 6) is 2.70. The van der Waals surface area contributed by atoms with E-state index in [1.807, 2.05) is 20.8 Å². The van der Waals surface area contributed by atoms with Crippen LogP contribution in [-0.2, 0) is 17.9 Å². The summed E-state index contributed by atoms with van der Waals surface area (Å²) in [5.41, 5.74) is 0.974. The number of nitrogens with one attached hydrogen (secondary N) is 1. The molecular formula is C16H22N6OS. The van der Waals surface area contributed by atoms with Crippen molar-refractivity contribution in [2.45, 2.75) is 58.7 Å². The zero-order valence-electron chi connectivity index (χ0n) is 14.2. The molecule has 3 heterocycles. The van der Waals surface area contributed by atoms with Gasteiger partial charge in [0.2, 0.25) is 5.91 Å². The summed E-state index contributed by atoms with van der Waals surface area (Å²) in [6.07, 6.45) is 2.46. The number of carbonyl (C=O) groups is 1. The van der Waals surface area contributed by atoms with E-state index in [4.69, 9.17) is 0 Å². The second-order valence-electron chi connectivity index (χ2n) is 6.70. The second kappa shape index (κ2) is 5.93. The van der Waals surface area contributed by atoms with E-state index in [2.05, 4.69) is 30.0 Å². The van der Waals surface area contributed by atoms with Crippen LogP contribution in [0.2, 0.25) is 0 Å². The van der Waals surface area contributed by atoms with Crippen LogP contribution in [0.5, 0.6) is 0 Å². The lowest BCUT2D eigenvalue weighted by Crippen LogP contribution is -2.46. The summed E-state index contributed by atoms with van der Waals surface area (Å²) >= 11 is 1.52. The molecule has 1 aliphatic heterocycles. The Kier molecular flexibility index (Phi) is 3.88. The Morgan fingerprint density at radius 3 is 2.75 bits per heavy atom. The Morgan fingerprint density at radius 1 is 1.29 bits per heavy atom. The van der Waals surface area contributed by atoms with Crippen LogP contribution in [-0.4, -0.2) is 43.1 Å². The quantitative estimate of drug-likeness (QED) is 0.917. The van der Waals surface area contributed by atoms with Crippen LogP contribution in [0.1, 0.15) is 47.9 Å². The Morgan fingerprint density at radius 2 is 2.08 bits per heavy atom. The molecule has 0 unspecified atom stereocenters. The van der Waals surface area contributed by atoms with Crippen LogP contribution in [0, 0.1) is 13.8 Å². The average Bonchev–Trinajstić information content (AvgIpc) is 3.24. The molecule has 1 amide bonds. The number of rotatable bonds is 4. The minimum atomic E-state index is -0.218. The van der Waals surface area contributed by atoms with E-state index in [-0.39, 0.29) is 11.9 Å². The lowest BCUT2D eigenvalue weighted by molar-refractivity contribution is -0.121. The van der Waals surface area contributed by atoms with Gasteiger partial charge in [0.15, 0.2) is 5.13 Å². The van der Waals surface area contributed by atoms with Crippen LogP contribution < -0.4 is 5.32 Å². The lowest BCUT2D eigenvalue weighted by atomic mass is 10.2. The highest BCUT2D eigenvalue weighted by atomic mass is 32.1. The number of nitrogens with zero attached hydrogens (tertiary/aromatic N) is 5. The highest BCUT2D eigenvalue weighted by molar-refractivity contribution is 7.15. The normalized spacial score (nSPS) is 19.1. The third-order valence-electron chi connectivity index (χ3n) is 4.94. The number of fused-ring (bicyclic) bond motifs is 1. The van der Waals surface area contributed by atoms with Crippen molar-refractivity contribution >= 4 is 22.4 Å². The van der Waals surface area contributed by atoms with E-state index < -0.39 is 0 Å². The average molecular weight is 346 g/mol. The molecule has 7 nitrogen and oxygen atoms in total. The van der Waals surface area contributed by atoms with Crippen molar-refractivity contribution in [1.29, 1.82) is 0 Å². The van der Waals surface area contributed by atoms with Crippen molar-refractivity contribution in [3.63, 3.8) is 0 Å². The van der Waals surface area contributed by atoms with Crippen molar-refractivity contribution < 1.29 is 4.79 Å². The van der Waals surface area contributed by atoms with E-state index in [0.717, 1.165) is 35.3 Å². The SMILES string of the molecule is Cc1nc(NC(=O)[C@@H](C)N2CCn3c(nnc3C3CC3)C2)sc1C. The van der Waals surface area contributed by atoms with Crippen molar-refractivity contribution in [3.05, 3.63) is 22.2 Å². The number of amides is 1. The molecule has 8 heteroatoms. The van der Waals surface area contributed by atoms with Crippen molar-refractivity contribution in [2.24, 2.45) is 0 Å². The van der Waals surface area contributed by atoms with E-state index in [1.54, 1.807) is 0 Å². The van der Waals surface area contributed by atoms with Gasteiger partial charge in [-0.25, -0.2) is 4.98 Å². The predicted molar refractivity (Wildman–Crippen MR) is 92.1 cm³/mol. The summed E-state index contributed by atoms with van der Waals surface area (Å²) in [6.45, 7) is 8.29. The van der Waals surface area contributed by atoms with E-state index in [0.29, 0.717) is 17.6 Å². The number of thiazole rings is 1. The Balaban J connectivity index is 1.42. The Bertz CT molecular complexity index is 758. The van der Waals surface area contributed by atoms with Gasteiger partial charge in [0, 0.05) is 23.9 Å². The molecule has 2 aromatic heterocycles. The van der Waals surface area contributed by atoms with E-state index >= 15 is 0 Å². The second-order valence-corrected chi connectivity index (χ2v) is 7.90. The van der Waals surface area contributed by atoms with Crippen LogP contribution in [0.3, 0.4) is 0 Å². The highest BCUT2D eigenvalue weighted by Gasteiger charge is 2.33. The van der Waals surface area contributed by atoms with Gasteiger partial charge in [0.25, 0.3) is 0 Å². The maximum absolute atomic E-state index is 12.5. The maximum Gasteiger partial charge on any atom is 0.243 e. The molecule has 2 aromatic rings. The van der Waals surface area contributed by atoms with Gasteiger partial charge in [-0.15, -0.1) is 21.5 Å². The van der Waals surface area contributed by atoms with Crippen LogP contribution in [0.4, 0.5) is 5.13 Å². The van der Waals surface area contributed by atoms with E-state index in [1.165, 1.54) is 24.2 Å². The van der Waals surface area contributed by atoms with Crippen LogP contribution >= 0.6 is 11.3 Å². The van der Waals surface area contributed by atoms with Crippen molar-refractivity contribution in [2.75, 3.05) is 11.9 Å². The summed E-state index contributed by atoms with van der Waals surface area (Å²) in [4.78, 5) is 20.2. The first kappa shape index (κ1) is 15.7. The molecule has 0 radical (unpaired) electrons. The molecule has 1 fully saturated rings. The topological polar surface area (TPSA) is 75.9 Å². The zero-order valence-corrected chi connectivity index (χ0v) is 15.1. The van der Waals surface area contributed by atoms with Crippen molar-refractivity contribution in [3.8, 4) is 0 Å². The molecule has 0 spiro atoms. The number of aromatic nitrogens is 4. The standard InChI is InChI=1S/C16H22N6OS/c1-9-11(3)24-16(17-9)18-15(23)10(2)21-6-7-22-13(8-21)19-20-14(22)12-4-5-12/h10,12H,4-8H2,1-3H3,(H,17,18,23)/t10-/m1/s1. The molecule has 128 valence electrons. The van der Waals surface area contributed by atoms with Crippen molar-refractivity contribution in [1.82, 2.24) is 24.6 Å². The fraction of sp³-hybridized carbons (Fsp3) is 0.625. The van der Waals surface area contributed by atoms with Gasteiger partial charge in [0.05, 0.1) is 18.3 Å². The molecule has 1 N–H and O–H groups in total. The number of aryl methyl sites for hydroxylation is 2. The largest absolute Gasteiger partial charge is 0.312 e. The Hall–Kier alpha value is -1.80. The first-order chi connectivity index (χ1) is 11.5. The first-order valence-electron chi connectivity index (χ1n) is 8.44. The maximum atomic E-state index is 12.5. The number of anilines is 1. The van der Waals surface area contributed by atoms with E-state index in [9.17, 15) is 4.79 Å². The minimum Gasteiger partial charge on any atom is -0.312 e. The molecule has 0 bridgehead atoms. The monoisotopic (exact) mass is 346 g/mol. The summed E-state index contributed by atoms with van der Waals surface area (Å²) < 4.78 is 2.24. The van der Waals surface area contributed by atoms with Gasteiger partial charge in [-0.3, -0.25) is 9.69 Å². The lowest BCUT2D eigenvalue weighted by Gasteiger charge is -2.31. The highest BCUT2D eigenvalue weighted by Crippen LogP contribution is 2.39. The van der Waals surface area contributed by atoms with Gasteiger partial charge in [-0.05, 0) is 33.6 Å². The number of carbonyl (C=O) groups excluding carboxylic acids is 1. The minimum absolute atomic E-state index is 0.0147. The van der Waals surface area contributed by atoms with Crippen LogP contribution in [0.25, 0.3) is 0 Å². The zero-order chi connectivity index (χ0) is 16.8. The third-order valence-corrected chi connectivity index (χ3v) is 5.93.